The van der Waals surface area contributed by atoms with Gasteiger partial charge in [0.2, 0.25) is 5.96 Å². The zero-order valence-electron chi connectivity index (χ0n) is 17.4. The average Bonchev–Trinajstić information content (AvgIpc) is 2.82. The monoisotopic (exact) mass is 424 g/mol. The second kappa shape index (κ2) is 11.7. The van der Waals surface area contributed by atoms with Crippen LogP contribution < -0.4 is 11.1 Å². The van der Waals surface area contributed by atoms with Gasteiger partial charge in [-0.1, -0.05) is 60.7 Å². The first-order valence-corrected chi connectivity index (χ1v) is 10.4. The molecule has 164 valence electrons. The second-order valence-corrected chi connectivity index (χ2v) is 7.33. The number of benzene rings is 2. The van der Waals surface area contributed by atoms with E-state index in [9.17, 15) is 9.59 Å². The summed E-state index contributed by atoms with van der Waals surface area (Å²) in [6, 6.07) is 18.7. The summed E-state index contributed by atoms with van der Waals surface area (Å²) < 4.78 is 10.5. The van der Waals surface area contributed by atoms with Crippen LogP contribution in [0.2, 0.25) is 0 Å². The molecule has 0 spiro atoms. The molecule has 3 rings (SSSR count). The van der Waals surface area contributed by atoms with Gasteiger partial charge in [-0.2, -0.15) is 0 Å². The number of aliphatic imine (C=N–C) groups is 1. The molecule has 0 saturated carbocycles. The van der Waals surface area contributed by atoms with E-state index in [4.69, 9.17) is 15.2 Å². The molecule has 31 heavy (non-hydrogen) atoms. The van der Waals surface area contributed by atoms with Crippen molar-refractivity contribution in [2.75, 3.05) is 19.6 Å². The van der Waals surface area contributed by atoms with Gasteiger partial charge in [0.25, 0.3) is 0 Å². The molecule has 1 heterocycles. The number of hydrogen-bond donors (Lipinski definition) is 2. The van der Waals surface area contributed by atoms with Crippen LogP contribution in [0.3, 0.4) is 0 Å². The predicted octanol–water partition coefficient (Wildman–Crippen LogP) is 3.28. The van der Waals surface area contributed by atoms with Crippen LogP contribution in [0, 0.1) is 5.92 Å². The molecule has 0 aromatic heterocycles. The fourth-order valence-electron chi connectivity index (χ4n) is 3.25. The van der Waals surface area contributed by atoms with Crippen LogP contribution in [0.15, 0.2) is 65.7 Å². The largest absolute Gasteiger partial charge is 0.444 e. The summed E-state index contributed by atoms with van der Waals surface area (Å²) in [5.41, 5.74) is 7.48. The number of nitrogens with zero attached hydrogens (tertiary/aromatic N) is 2. The highest BCUT2D eigenvalue weighted by molar-refractivity contribution is 5.98. The second-order valence-electron chi connectivity index (χ2n) is 7.33. The molecule has 8 nitrogen and oxygen atoms in total. The van der Waals surface area contributed by atoms with E-state index in [2.05, 4.69) is 10.3 Å². The van der Waals surface area contributed by atoms with Crippen molar-refractivity contribution in [1.82, 2.24) is 10.2 Å². The lowest BCUT2D eigenvalue weighted by Gasteiger charge is -2.33. The highest BCUT2D eigenvalue weighted by Crippen LogP contribution is 2.16. The summed E-state index contributed by atoms with van der Waals surface area (Å²) in [6.45, 7) is 2.10. The Labute approximate surface area is 182 Å². The molecular weight excluding hydrogens is 396 g/mol. The molecule has 0 unspecified atom stereocenters. The summed E-state index contributed by atoms with van der Waals surface area (Å²) in [5, 5.41) is 2.60. The number of carbonyl (C=O) groups excluding carboxylic acids is 2. The van der Waals surface area contributed by atoms with Gasteiger partial charge in [-0.15, -0.1) is 4.99 Å². The lowest BCUT2D eigenvalue weighted by molar-refractivity contribution is 0.142. The molecule has 8 heteroatoms. The number of alkyl carbamates (subject to hydrolysis) is 1. The number of rotatable bonds is 5. The Kier molecular flexibility index (Phi) is 8.42. The van der Waals surface area contributed by atoms with Gasteiger partial charge in [0.15, 0.2) is 0 Å². The van der Waals surface area contributed by atoms with E-state index in [1.165, 1.54) is 0 Å². The molecule has 1 aliphatic heterocycles. The minimum atomic E-state index is -0.775. The normalized spacial score (nSPS) is 14.7. The molecule has 2 aromatic rings. The van der Waals surface area contributed by atoms with E-state index in [1.54, 1.807) is 0 Å². The summed E-state index contributed by atoms with van der Waals surface area (Å²) in [6.07, 6.45) is 0.257. The average molecular weight is 425 g/mol. The van der Waals surface area contributed by atoms with Crippen molar-refractivity contribution in [2.45, 2.75) is 26.1 Å². The Morgan fingerprint density at radius 2 is 1.48 bits per heavy atom. The molecule has 1 aliphatic rings. The van der Waals surface area contributed by atoms with Gasteiger partial charge in [0.05, 0.1) is 0 Å². The number of carbonyl (C=O) groups is 2. The number of hydrogen-bond acceptors (Lipinski definition) is 5. The van der Waals surface area contributed by atoms with E-state index in [1.807, 2.05) is 65.6 Å². The van der Waals surface area contributed by atoms with Gasteiger partial charge in [-0.05, 0) is 36.4 Å². The van der Waals surface area contributed by atoms with Crippen LogP contribution in [0.25, 0.3) is 0 Å². The van der Waals surface area contributed by atoms with Gasteiger partial charge in [-0.25, -0.2) is 9.59 Å². The maximum Gasteiger partial charge on any atom is 0.437 e. The molecule has 0 aliphatic carbocycles. The van der Waals surface area contributed by atoms with Crippen LogP contribution >= 0.6 is 0 Å². The van der Waals surface area contributed by atoms with Crippen LogP contribution in [0.4, 0.5) is 9.59 Å². The molecule has 0 atom stereocenters. The van der Waals surface area contributed by atoms with Crippen molar-refractivity contribution in [3.8, 4) is 0 Å². The Hall–Kier alpha value is -3.39. The Balaban J connectivity index is 1.61. The van der Waals surface area contributed by atoms with Crippen LogP contribution in [-0.4, -0.2) is 42.7 Å². The van der Waals surface area contributed by atoms with Crippen molar-refractivity contribution in [2.24, 2.45) is 16.6 Å². The smallest absolute Gasteiger partial charge is 0.437 e. The Morgan fingerprint density at radius 1 is 0.935 bits per heavy atom. The lowest BCUT2D eigenvalue weighted by Crippen LogP contribution is -2.48. The predicted molar refractivity (Wildman–Crippen MR) is 117 cm³/mol. The van der Waals surface area contributed by atoms with E-state index < -0.39 is 12.2 Å². The summed E-state index contributed by atoms with van der Waals surface area (Å²) in [5.74, 6) is 0.555. The van der Waals surface area contributed by atoms with Crippen molar-refractivity contribution in [3.63, 3.8) is 0 Å². The van der Waals surface area contributed by atoms with Crippen molar-refractivity contribution in [1.29, 1.82) is 0 Å². The zero-order valence-corrected chi connectivity index (χ0v) is 17.4. The summed E-state index contributed by atoms with van der Waals surface area (Å²) in [7, 11) is 0. The first kappa shape index (κ1) is 22.3. The van der Waals surface area contributed by atoms with Gasteiger partial charge in [-0.3, -0.25) is 5.32 Å². The number of piperidine rings is 1. The summed E-state index contributed by atoms with van der Waals surface area (Å²) in [4.78, 5) is 30.5. The molecule has 0 bridgehead atoms. The molecule has 1 saturated heterocycles. The fraction of sp³-hybridized carbons (Fsp3) is 0.348. The fourth-order valence-corrected chi connectivity index (χ4v) is 3.25. The number of likely N-dealkylation sites (tertiary alicyclic amines) is 1. The number of guanidine groups is 1. The van der Waals surface area contributed by atoms with Gasteiger partial charge in [0.1, 0.15) is 13.2 Å². The minimum absolute atomic E-state index is 0.101. The third kappa shape index (κ3) is 7.42. The van der Waals surface area contributed by atoms with E-state index in [0.29, 0.717) is 25.6 Å². The van der Waals surface area contributed by atoms with Crippen LogP contribution in [0.5, 0.6) is 0 Å². The minimum Gasteiger partial charge on any atom is -0.444 e. The first-order valence-electron chi connectivity index (χ1n) is 10.4. The first-order chi connectivity index (χ1) is 15.1. The molecule has 3 N–H and O–H groups in total. The van der Waals surface area contributed by atoms with Gasteiger partial charge in [0, 0.05) is 13.1 Å². The number of nitrogens with two attached hydrogens (primary N) is 1. The molecule has 2 amide bonds. The number of ether oxygens (including phenoxy) is 2. The van der Waals surface area contributed by atoms with Crippen molar-refractivity contribution in [3.05, 3.63) is 71.8 Å². The standard InChI is InChI=1S/C23H28N4O4/c24-15-18-11-13-27(14-12-18)21(25-22(28)30-16-19-7-3-1-4-8-19)26-23(29)31-17-20-9-5-2-6-10-20/h1-10,18H,11-17,24H2,(H,25,26,28,29). The van der Waals surface area contributed by atoms with E-state index >= 15 is 0 Å². The third-order valence-electron chi connectivity index (χ3n) is 5.08. The molecule has 0 radical (unpaired) electrons. The maximum absolute atomic E-state index is 12.3. The Bertz CT molecular complexity index is 866. The number of amides is 2. The highest BCUT2D eigenvalue weighted by Gasteiger charge is 2.23. The van der Waals surface area contributed by atoms with Gasteiger partial charge >= 0.3 is 12.2 Å². The lowest BCUT2D eigenvalue weighted by atomic mass is 9.97. The SMILES string of the molecule is NCC1CCN(C(=NC(=O)OCc2ccccc2)NC(=O)OCc2ccccc2)CC1. The zero-order chi connectivity index (χ0) is 21.9. The number of nitrogens with one attached hydrogen (secondary N) is 1. The Morgan fingerprint density at radius 3 is 2.03 bits per heavy atom. The topological polar surface area (TPSA) is 106 Å². The third-order valence-corrected chi connectivity index (χ3v) is 5.08. The summed E-state index contributed by atoms with van der Waals surface area (Å²) >= 11 is 0. The van der Waals surface area contributed by atoms with Crippen molar-refractivity contribution >= 4 is 18.1 Å². The van der Waals surface area contributed by atoms with Crippen LogP contribution in [-0.2, 0) is 22.7 Å². The maximum atomic E-state index is 12.3. The van der Waals surface area contributed by atoms with Gasteiger partial charge < -0.3 is 20.1 Å². The molecule has 2 aromatic carbocycles. The molecule has 1 fully saturated rings. The van der Waals surface area contributed by atoms with Crippen molar-refractivity contribution < 1.29 is 19.1 Å². The molecular formula is C23H28N4O4. The highest BCUT2D eigenvalue weighted by atomic mass is 16.6. The van der Waals surface area contributed by atoms with E-state index in [0.717, 1.165) is 24.0 Å². The van der Waals surface area contributed by atoms with Crippen LogP contribution in [0.1, 0.15) is 24.0 Å². The quantitative estimate of drug-likeness (QED) is 0.564. The van der Waals surface area contributed by atoms with E-state index in [-0.39, 0.29) is 19.2 Å².